The maximum absolute atomic E-state index is 14.9. The summed E-state index contributed by atoms with van der Waals surface area (Å²) in [5.74, 6) is -4.05. The highest BCUT2D eigenvalue weighted by atomic mass is 19.2. The summed E-state index contributed by atoms with van der Waals surface area (Å²) in [4.78, 5) is 0. The fourth-order valence-corrected chi connectivity index (χ4v) is 3.71. The number of hydrogen-bond donors (Lipinski definition) is 0. The maximum Gasteiger partial charge on any atom is 0.201 e. The number of rotatable bonds is 6. The van der Waals surface area contributed by atoms with E-state index in [-0.39, 0.29) is 22.4 Å². The fourth-order valence-electron chi connectivity index (χ4n) is 3.71. The second kappa shape index (κ2) is 9.96. The highest BCUT2D eigenvalue weighted by Crippen LogP contribution is 2.32. The standard InChI is InChI=1S/C29H22F4O/c1-3-18-4-9-20(10-5-18)23-15-16-24(28(32)27(23)31)21-11-6-19(7-12-21)8-13-22-14-17-25(34-2)29(33)26(22)30/h4-17H,3H2,1-2H3/b13-8+. The van der Waals surface area contributed by atoms with Crippen molar-refractivity contribution in [2.75, 3.05) is 7.11 Å². The predicted octanol–water partition coefficient (Wildman–Crippen LogP) is 8.32. The maximum atomic E-state index is 14.9. The van der Waals surface area contributed by atoms with E-state index < -0.39 is 23.3 Å². The molecule has 34 heavy (non-hydrogen) atoms. The van der Waals surface area contributed by atoms with E-state index in [1.807, 2.05) is 19.1 Å². The molecule has 0 amide bonds. The van der Waals surface area contributed by atoms with Crippen LogP contribution in [0.4, 0.5) is 17.6 Å². The van der Waals surface area contributed by atoms with Crippen molar-refractivity contribution in [3.05, 3.63) is 113 Å². The van der Waals surface area contributed by atoms with Gasteiger partial charge in [0, 0.05) is 16.7 Å². The summed E-state index contributed by atoms with van der Waals surface area (Å²) in [6.07, 6.45) is 3.91. The van der Waals surface area contributed by atoms with Gasteiger partial charge in [-0.05, 0) is 40.8 Å². The van der Waals surface area contributed by atoms with Gasteiger partial charge < -0.3 is 4.74 Å². The van der Waals surface area contributed by atoms with E-state index in [1.165, 1.54) is 25.3 Å². The molecule has 4 aromatic carbocycles. The van der Waals surface area contributed by atoms with Gasteiger partial charge in [-0.2, -0.15) is 4.39 Å². The van der Waals surface area contributed by atoms with Gasteiger partial charge in [-0.25, -0.2) is 13.2 Å². The van der Waals surface area contributed by atoms with Crippen molar-refractivity contribution in [1.29, 1.82) is 0 Å². The van der Waals surface area contributed by atoms with E-state index >= 15 is 0 Å². The monoisotopic (exact) mass is 462 g/mol. The average Bonchev–Trinajstić information content (AvgIpc) is 2.87. The topological polar surface area (TPSA) is 9.23 Å². The van der Waals surface area contributed by atoms with Crippen LogP contribution in [0.1, 0.15) is 23.6 Å². The Kier molecular flexibility index (Phi) is 6.82. The third-order valence-electron chi connectivity index (χ3n) is 5.73. The molecule has 4 rings (SSSR count). The Morgan fingerprint density at radius 1 is 0.618 bits per heavy atom. The summed E-state index contributed by atoms with van der Waals surface area (Å²) in [6.45, 7) is 2.03. The number of aryl methyl sites for hydroxylation is 1. The molecule has 0 aliphatic heterocycles. The van der Waals surface area contributed by atoms with E-state index in [0.717, 1.165) is 12.0 Å². The first-order chi connectivity index (χ1) is 16.4. The molecule has 172 valence electrons. The molecule has 1 nitrogen and oxygen atoms in total. The Morgan fingerprint density at radius 3 is 1.71 bits per heavy atom. The van der Waals surface area contributed by atoms with E-state index in [0.29, 0.717) is 16.7 Å². The molecule has 0 heterocycles. The van der Waals surface area contributed by atoms with Gasteiger partial charge in [0.25, 0.3) is 0 Å². The highest BCUT2D eigenvalue weighted by Gasteiger charge is 2.16. The Balaban J connectivity index is 1.57. The zero-order chi connectivity index (χ0) is 24.2. The summed E-state index contributed by atoms with van der Waals surface area (Å²) in [5.41, 5.74) is 3.34. The first-order valence-electron chi connectivity index (χ1n) is 10.8. The Morgan fingerprint density at radius 2 is 1.18 bits per heavy atom. The first kappa shape index (κ1) is 23.3. The lowest BCUT2D eigenvalue weighted by atomic mass is 9.97. The van der Waals surface area contributed by atoms with Crippen molar-refractivity contribution < 1.29 is 22.3 Å². The molecule has 0 N–H and O–H groups in total. The molecule has 0 unspecified atom stereocenters. The van der Waals surface area contributed by atoms with Gasteiger partial charge in [0.2, 0.25) is 5.82 Å². The third kappa shape index (κ3) is 4.60. The molecular weight excluding hydrogens is 440 g/mol. The van der Waals surface area contributed by atoms with Crippen molar-refractivity contribution in [3.63, 3.8) is 0 Å². The van der Waals surface area contributed by atoms with Gasteiger partial charge in [-0.3, -0.25) is 0 Å². The van der Waals surface area contributed by atoms with E-state index in [4.69, 9.17) is 4.74 Å². The largest absolute Gasteiger partial charge is 0.494 e. The van der Waals surface area contributed by atoms with Crippen LogP contribution in [0.25, 0.3) is 34.4 Å². The van der Waals surface area contributed by atoms with Gasteiger partial charge in [-0.1, -0.05) is 79.7 Å². The van der Waals surface area contributed by atoms with Gasteiger partial charge in [0.15, 0.2) is 23.2 Å². The average molecular weight is 462 g/mol. The van der Waals surface area contributed by atoms with Crippen molar-refractivity contribution >= 4 is 12.2 Å². The van der Waals surface area contributed by atoms with Crippen LogP contribution in [-0.2, 0) is 6.42 Å². The van der Waals surface area contributed by atoms with Crippen LogP contribution >= 0.6 is 0 Å². The zero-order valence-electron chi connectivity index (χ0n) is 18.7. The molecule has 0 bridgehead atoms. The second-order valence-corrected chi connectivity index (χ2v) is 7.78. The Hall–Kier alpha value is -3.86. The molecule has 0 fully saturated rings. The lowest BCUT2D eigenvalue weighted by molar-refractivity contribution is 0.371. The minimum atomic E-state index is -1.05. The van der Waals surface area contributed by atoms with Crippen LogP contribution in [0.2, 0.25) is 0 Å². The van der Waals surface area contributed by atoms with Gasteiger partial charge in [0.05, 0.1) is 7.11 Å². The highest BCUT2D eigenvalue weighted by molar-refractivity contribution is 5.75. The normalized spacial score (nSPS) is 11.2. The molecule has 0 spiro atoms. The molecule has 4 aromatic rings. The van der Waals surface area contributed by atoms with Crippen LogP contribution < -0.4 is 4.74 Å². The molecule has 0 atom stereocenters. The van der Waals surface area contributed by atoms with Crippen LogP contribution in [0, 0.1) is 23.3 Å². The molecule has 0 aliphatic carbocycles. The number of hydrogen-bond acceptors (Lipinski definition) is 1. The summed E-state index contributed by atoms with van der Waals surface area (Å²) in [5, 5.41) is 0. The minimum Gasteiger partial charge on any atom is -0.494 e. The van der Waals surface area contributed by atoms with Gasteiger partial charge >= 0.3 is 0 Å². The van der Waals surface area contributed by atoms with Crippen molar-refractivity contribution in [1.82, 2.24) is 0 Å². The quantitative estimate of drug-likeness (QED) is 0.207. The SMILES string of the molecule is CCc1ccc(-c2ccc(-c3ccc(/C=C/c4ccc(OC)c(F)c4F)cc3)c(F)c2F)cc1. The number of halogens is 4. The summed E-state index contributed by atoms with van der Waals surface area (Å²) >= 11 is 0. The Bertz CT molecular complexity index is 1340. The van der Waals surface area contributed by atoms with Crippen LogP contribution in [0.3, 0.4) is 0 Å². The number of methoxy groups -OCH3 is 1. The van der Waals surface area contributed by atoms with Crippen LogP contribution in [-0.4, -0.2) is 7.11 Å². The molecule has 0 aliphatic rings. The first-order valence-corrected chi connectivity index (χ1v) is 10.8. The molecule has 0 aromatic heterocycles. The minimum absolute atomic E-state index is 0.0676. The molecule has 0 radical (unpaired) electrons. The number of ether oxygens (including phenoxy) is 1. The molecule has 0 saturated heterocycles. The second-order valence-electron chi connectivity index (χ2n) is 7.78. The van der Waals surface area contributed by atoms with E-state index in [1.54, 1.807) is 54.6 Å². The number of benzene rings is 4. The van der Waals surface area contributed by atoms with Crippen LogP contribution in [0.15, 0.2) is 72.8 Å². The fraction of sp³-hybridized carbons (Fsp3) is 0.103. The molecule has 0 saturated carbocycles. The van der Waals surface area contributed by atoms with Gasteiger partial charge in [0.1, 0.15) is 0 Å². The zero-order valence-corrected chi connectivity index (χ0v) is 18.7. The molecule has 5 heteroatoms. The van der Waals surface area contributed by atoms with E-state index in [2.05, 4.69) is 0 Å². The predicted molar refractivity (Wildman–Crippen MR) is 128 cm³/mol. The van der Waals surface area contributed by atoms with Crippen LogP contribution in [0.5, 0.6) is 5.75 Å². The van der Waals surface area contributed by atoms with E-state index in [9.17, 15) is 17.6 Å². The third-order valence-corrected chi connectivity index (χ3v) is 5.73. The Labute approximate surface area is 196 Å². The summed E-state index contributed by atoms with van der Waals surface area (Å²) in [7, 11) is 1.26. The summed E-state index contributed by atoms with van der Waals surface area (Å²) in [6, 6.07) is 20.0. The molecular formula is C29H22F4O. The van der Waals surface area contributed by atoms with Gasteiger partial charge in [-0.15, -0.1) is 0 Å². The lowest BCUT2D eigenvalue weighted by Gasteiger charge is -2.10. The van der Waals surface area contributed by atoms with Crippen molar-refractivity contribution in [2.45, 2.75) is 13.3 Å². The summed E-state index contributed by atoms with van der Waals surface area (Å²) < 4.78 is 62.5. The lowest BCUT2D eigenvalue weighted by Crippen LogP contribution is -1.94. The van der Waals surface area contributed by atoms with Crippen molar-refractivity contribution in [3.8, 4) is 28.0 Å². The smallest absolute Gasteiger partial charge is 0.201 e. The van der Waals surface area contributed by atoms with Crippen molar-refractivity contribution in [2.24, 2.45) is 0 Å².